The number of halogens is 2. The average Bonchev–Trinajstić information content (AvgIpc) is 2.35. The summed E-state index contributed by atoms with van der Waals surface area (Å²) in [5.74, 6) is -1.79. The van der Waals surface area contributed by atoms with Crippen molar-refractivity contribution in [2.45, 2.75) is 25.3 Å². The van der Waals surface area contributed by atoms with Gasteiger partial charge in [-0.15, -0.1) is 0 Å². The van der Waals surface area contributed by atoms with Crippen molar-refractivity contribution in [1.82, 2.24) is 9.62 Å². The Balaban J connectivity index is 3.40. The first-order chi connectivity index (χ1) is 8.89. The van der Waals surface area contributed by atoms with Crippen LogP contribution in [-0.4, -0.2) is 32.9 Å². The van der Waals surface area contributed by atoms with Gasteiger partial charge in [0.15, 0.2) is 5.82 Å². The van der Waals surface area contributed by atoms with Crippen molar-refractivity contribution in [3.63, 3.8) is 0 Å². The summed E-state index contributed by atoms with van der Waals surface area (Å²) < 4.78 is 53.2. The van der Waals surface area contributed by atoms with E-state index in [0.29, 0.717) is 0 Å². The van der Waals surface area contributed by atoms with Crippen molar-refractivity contribution in [2.75, 3.05) is 20.1 Å². The third kappa shape index (κ3) is 3.10. The van der Waals surface area contributed by atoms with Crippen molar-refractivity contribution in [1.29, 1.82) is 0 Å². The molecule has 0 radical (unpaired) electrons. The molecule has 0 atom stereocenters. The van der Waals surface area contributed by atoms with E-state index in [9.17, 15) is 17.2 Å². The maximum absolute atomic E-state index is 14.2. The topological polar surface area (TPSA) is 49.4 Å². The van der Waals surface area contributed by atoms with E-state index in [2.05, 4.69) is 5.32 Å². The largest absolute Gasteiger partial charge is 0.315 e. The molecule has 0 aliphatic carbocycles. The number of rotatable bonds is 6. The fourth-order valence-electron chi connectivity index (χ4n) is 1.82. The molecule has 4 nitrogen and oxygen atoms in total. The molecule has 19 heavy (non-hydrogen) atoms. The van der Waals surface area contributed by atoms with Crippen LogP contribution in [0.5, 0.6) is 0 Å². The monoisotopic (exact) mass is 292 g/mol. The van der Waals surface area contributed by atoms with Crippen molar-refractivity contribution in [3.05, 3.63) is 29.3 Å². The van der Waals surface area contributed by atoms with Crippen LogP contribution in [0.25, 0.3) is 0 Å². The Labute approximate surface area is 112 Å². The van der Waals surface area contributed by atoms with Crippen molar-refractivity contribution >= 4 is 10.0 Å². The number of nitrogens with one attached hydrogen (secondary N) is 1. The molecule has 0 unspecified atom stereocenters. The van der Waals surface area contributed by atoms with E-state index in [-0.39, 0.29) is 25.2 Å². The summed E-state index contributed by atoms with van der Waals surface area (Å²) >= 11 is 0. The Morgan fingerprint density at radius 3 is 2.26 bits per heavy atom. The molecule has 0 fully saturated rings. The Bertz CT molecular complexity index is 543. The number of nitrogens with zero attached hydrogens (tertiary/aromatic N) is 1. The van der Waals surface area contributed by atoms with Crippen LogP contribution in [0.1, 0.15) is 19.4 Å². The molecule has 0 aromatic heterocycles. The van der Waals surface area contributed by atoms with Crippen LogP contribution in [0.3, 0.4) is 0 Å². The van der Waals surface area contributed by atoms with E-state index in [4.69, 9.17) is 0 Å². The summed E-state index contributed by atoms with van der Waals surface area (Å²) in [4.78, 5) is -0.483. The van der Waals surface area contributed by atoms with Gasteiger partial charge in [-0.25, -0.2) is 17.2 Å². The lowest BCUT2D eigenvalue weighted by Gasteiger charge is -2.19. The van der Waals surface area contributed by atoms with Crippen LogP contribution in [0, 0.1) is 11.6 Å². The first kappa shape index (κ1) is 16.0. The van der Waals surface area contributed by atoms with E-state index >= 15 is 0 Å². The van der Waals surface area contributed by atoms with Crippen LogP contribution in [0.4, 0.5) is 8.78 Å². The summed E-state index contributed by atoms with van der Waals surface area (Å²) in [5.41, 5.74) is -0.268. The predicted molar refractivity (Wildman–Crippen MR) is 69.2 cm³/mol. The lowest BCUT2D eigenvalue weighted by atomic mass is 10.2. The van der Waals surface area contributed by atoms with Crippen LogP contribution in [0.2, 0.25) is 0 Å². The van der Waals surface area contributed by atoms with Gasteiger partial charge in [-0.2, -0.15) is 4.31 Å². The van der Waals surface area contributed by atoms with Crippen molar-refractivity contribution in [3.8, 4) is 0 Å². The molecule has 0 saturated carbocycles. The number of hydrogen-bond acceptors (Lipinski definition) is 3. The van der Waals surface area contributed by atoms with E-state index in [0.717, 1.165) is 16.4 Å². The highest BCUT2D eigenvalue weighted by Crippen LogP contribution is 2.23. The molecule has 0 saturated heterocycles. The maximum atomic E-state index is 14.2. The molecule has 7 heteroatoms. The molecule has 0 spiro atoms. The highest BCUT2D eigenvalue weighted by molar-refractivity contribution is 7.89. The molecule has 1 aromatic rings. The zero-order valence-electron chi connectivity index (χ0n) is 11.2. The van der Waals surface area contributed by atoms with Gasteiger partial charge in [0.25, 0.3) is 0 Å². The Hall–Kier alpha value is -1.05. The normalized spacial score (nSPS) is 12.1. The second-order valence-corrected chi connectivity index (χ2v) is 5.86. The lowest BCUT2D eigenvalue weighted by molar-refractivity contribution is 0.437. The van der Waals surface area contributed by atoms with Crippen LogP contribution in [-0.2, 0) is 16.6 Å². The molecular weight excluding hydrogens is 274 g/mol. The fraction of sp³-hybridized carbons (Fsp3) is 0.500. The fourth-order valence-corrected chi connectivity index (χ4v) is 3.36. The lowest BCUT2D eigenvalue weighted by Crippen LogP contribution is -2.31. The number of hydrogen-bond donors (Lipinski definition) is 1. The van der Waals surface area contributed by atoms with Gasteiger partial charge < -0.3 is 5.32 Å². The molecule has 1 N–H and O–H groups in total. The molecule has 1 rings (SSSR count). The Morgan fingerprint density at radius 2 is 1.79 bits per heavy atom. The highest BCUT2D eigenvalue weighted by Gasteiger charge is 2.27. The average molecular weight is 292 g/mol. The van der Waals surface area contributed by atoms with Crippen LogP contribution >= 0.6 is 0 Å². The Kier molecular flexibility index (Phi) is 5.39. The van der Waals surface area contributed by atoms with Gasteiger partial charge in [-0.3, -0.25) is 0 Å². The van der Waals surface area contributed by atoms with Gasteiger partial charge in [0.2, 0.25) is 10.0 Å². The van der Waals surface area contributed by atoms with Crippen molar-refractivity contribution in [2.24, 2.45) is 0 Å². The van der Waals surface area contributed by atoms with E-state index in [1.54, 1.807) is 13.8 Å². The van der Waals surface area contributed by atoms with Gasteiger partial charge in [0.05, 0.1) is 0 Å². The summed E-state index contributed by atoms with van der Waals surface area (Å²) in [6, 6.07) is 1.95. The smallest absolute Gasteiger partial charge is 0.245 e. The van der Waals surface area contributed by atoms with Gasteiger partial charge in [0, 0.05) is 25.2 Å². The first-order valence-corrected chi connectivity index (χ1v) is 7.45. The summed E-state index contributed by atoms with van der Waals surface area (Å²) in [7, 11) is -2.39. The van der Waals surface area contributed by atoms with Crippen LogP contribution < -0.4 is 5.32 Å². The highest BCUT2D eigenvalue weighted by atomic mass is 32.2. The third-order valence-corrected chi connectivity index (χ3v) is 4.89. The van der Waals surface area contributed by atoms with Gasteiger partial charge in [0.1, 0.15) is 10.7 Å². The first-order valence-electron chi connectivity index (χ1n) is 6.01. The van der Waals surface area contributed by atoms with Gasteiger partial charge in [-0.1, -0.05) is 13.8 Å². The maximum Gasteiger partial charge on any atom is 0.245 e. The predicted octanol–water partition coefficient (Wildman–Crippen LogP) is 1.71. The number of benzene rings is 1. The number of sulfonamides is 1. The van der Waals surface area contributed by atoms with E-state index in [1.165, 1.54) is 7.05 Å². The molecule has 0 aliphatic rings. The zero-order valence-corrected chi connectivity index (χ0v) is 12.0. The standard InChI is InChI=1S/C12H18F2N2O2S/c1-4-16(5-2)19(17,18)11-7-6-10(13)9(8-15-3)12(11)14/h6-7,15H,4-5,8H2,1-3H3. The SMILES string of the molecule is CCN(CC)S(=O)(=O)c1ccc(F)c(CNC)c1F. The molecule has 108 valence electrons. The summed E-state index contributed by atoms with van der Waals surface area (Å²) in [5, 5.41) is 2.61. The Morgan fingerprint density at radius 1 is 1.21 bits per heavy atom. The third-order valence-electron chi connectivity index (χ3n) is 2.83. The zero-order chi connectivity index (χ0) is 14.6. The molecule has 0 bridgehead atoms. The van der Waals surface area contributed by atoms with Gasteiger partial charge >= 0.3 is 0 Å². The van der Waals surface area contributed by atoms with Crippen LogP contribution in [0.15, 0.2) is 17.0 Å². The second-order valence-electron chi connectivity index (χ2n) is 3.96. The molecule has 0 aliphatic heterocycles. The summed E-state index contributed by atoms with van der Waals surface area (Å²) in [6.45, 7) is 3.72. The second kappa shape index (κ2) is 6.40. The quantitative estimate of drug-likeness (QED) is 0.868. The van der Waals surface area contributed by atoms with E-state index < -0.39 is 26.6 Å². The molecule has 0 amide bonds. The van der Waals surface area contributed by atoms with Crippen molar-refractivity contribution < 1.29 is 17.2 Å². The minimum atomic E-state index is -3.93. The molecular formula is C12H18F2N2O2S. The molecule has 0 heterocycles. The minimum Gasteiger partial charge on any atom is -0.315 e. The van der Waals surface area contributed by atoms with Gasteiger partial charge in [-0.05, 0) is 19.2 Å². The minimum absolute atomic E-state index is 0.0702. The van der Waals surface area contributed by atoms with E-state index in [1.807, 2.05) is 0 Å². The molecule has 1 aromatic carbocycles. The summed E-state index contributed by atoms with van der Waals surface area (Å²) in [6.07, 6.45) is 0.